The minimum atomic E-state index is -3.75. The molecule has 0 radical (unpaired) electrons. The van der Waals surface area contributed by atoms with Gasteiger partial charge in [0.15, 0.2) is 5.82 Å². The standard InChI is InChI=1S/C27H38N5O8P/c1-4-39-41(37,40-5-2)19-23(26(34)31-13-15-32(16-14-31)27(35)36)30-25(33)22-18-21(12-9-17-38-3)28-24(29-22)20-10-7-6-8-11-20/h6-8,10-11,18,23H,4-5,9,12-17,19H2,1-3H3,(H,30,33)(H,35,36)/t23-/m0/s1. The Bertz CT molecular complexity index is 1210. The topological polar surface area (TPSA) is 160 Å². The van der Waals surface area contributed by atoms with Crippen LogP contribution in [0.1, 0.15) is 36.5 Å². The molecule has 14 heteroatoms. The van der Waals surface area contributed by atoms with Gasteiger partial charge in [-0.25, -0.2) is 14.8 Å². The van der Waals surface area contributed by atoms with E-state index in [1.54, 1.807) is 27.0 Å². The van der Waals surface area contributed by atoms with Crippen molar-refractivity contribution in [3.05, 3.63) is 47.8 Å². The van der Waals surface area contributed by atoms with Gasteiger partial charge in [0.05, 0.1) is 19.4 Å². The molecule has 3 amide bonds. The van der Waals surface area contributed by atoms with Gasteiger partial charge in [0.2, 0.25) is 5.91 Å². The maximum atomic E-state index is 13.6. The maximum Gasteiger partial charge on any atom is 0.407 e. The first-order valence-corrected chi connectivity index (χ1v) is 15.3. The van der Waals surface area contributed by atoms with Crippen LogP contribution in [0.4, 0.5) is 4.79 Å². The van der Waals surface area contributed by atoms with Crippen molar-refractivity contribution in [3.63, 3.8) is 0 Å². The Morgan fingerprint density at radius 2 is 1.66 bits per heavy atom. The summed E-state index contributed by atoms with van der Waals surface area (Å²) >= 11 is 0. The molecule has 1 aliphatic heterocycles. The molecule has 0 spiro atoms. The first-order chi connectivity index (χ1) is 19.7. The lowest BCUT2D eigenvalue weighted by Crippen LogP contribution is -2.56. The van der Waals surface area contributed by atoms with Gasteiger partial charge in [-0.05, 0) is 32.8 Å². The first kappa shape index (κ1) is 32.1. The van der Waals surface area contributed by atoms with Crippen LogP contribution in [0, 0.1) is 0 Å². The molecule has 1 fully saturated rings. The molecule has 0 bridgehead atoms. The van der Waals surface area contributed by atoms with Crippen LogP contribution < -0.4 is 5.32 Å². The third-order valence-corrected chi connectivity index (χ3v) is 8.46. The summed E-state index contributed by atoms with van der Waals surface area (Å²) in [5, 5.41) is 12.0. The highest BCUT2D eigenvalue weighted by Crippen LogP contribution is 2.48. The van der Waals surface area contributed by atoms with Crippen molar-refractivity contribution >= 4 is 25.5 Å². The third-order valence-electron chi connectivity index (χ3n) is 6.35. The van der Waals surface area contributed by atoms with Gasteiger partial charge in [0.25, 0.3) is 5.91 Å². The molecule has 2 aromatic rings. The lowest BCUT2D eigenvalue weighted by Gasteiger charge is -2.35. The zero-order valence-electron chi connectivity index (χ0n) is 23.7. The molecule has 41 heavy (non-hydrogen) atoms. The van der Waals surface area contributed by atoms with Crippen molar-refractivity contribution in [2.45, 2.75) is 32.7 Å². The number of hydrogen-bond donors (Lipinski definition) is 2. The molecule has 0 aliphatic carbocycles. The summed E-state index contributed by atoms with van der Waals surface area (Å²) in [4.78, 5) is 50.3. The van der Waals surface area contributed by atoms with E-state index in [1.165, 1.54) is 9.80 Å². The molecule has 1 aromatic carbocycles. The minimum absolute atomic E-state index is 0.0439. The Morgan fingerprint density at radius 1 is 1.02 bits per heavy atom. The lowest BCUT2D eigenvalue weighted by molar-refractivity contribution is -0.134. The largest absolute Gasteiger partial charge is 0.465 e. The number of aromatic nitrogens is 2. The average Bonchev–Trinajstić information content (AvgIpc) is 2.97. The SMILES string of the molecule is CCOP(=O)(C[C@H](NC(=O)c1cc(CCCOC)nc(-c2ccccc2)n1)C(=O)N1CCN(C(=O)O)CC1)OCC. The summed E-state index contributed by atoms with van der Waals surface area (Å²) in [6, 6.07) is 9.51. The molecule has 3 rings (SSSR count). The molecule has 1 aliphatic rings. The number of carbonyl (C=O) groups excluding carboxylic acids is 2. The van der Waals surface area contributed by atoms with Crippen LogP contribution in [0.2, 0.25) is 0 Å². The maximum absolute atomic E-state index is 13.6. The fourth-order valence-electron chi connectivity index (χ4n) is 4.37. The van der Waals surface area contributed by atoms with Crippen LogP contribution in [0.3, 0.4) is 0 Å². The van der Waals surface area contributed by atoms with Gasteiger partial charge in [-0.2, -0.15) is 0 Å². The van der Waals surface area contributed by atoms with Crippen molar-refractivity contribution in [2.75, 3.05) is 59.3 Å². The van der Waals surface area contributed by atoms with Crippen LogP contribution in [-0.2, 0) is 29.6 Å². The van der Waals surface area contributed by atoms with E-state index in [0.29, 0.717) is 31.0 Å². The number of benzene rings is 1. The highest BCUT2D eigenvalue weighted by atomic mass is 31.2. The van der Waals surface area contributed by atoms with E-state index in [1.807, 2.05) is 30.3 Å². The number of ether oxygens (including phenoxy) is 1. The summed E-state index contributed by atoms with van der Waals surface area (Å²) in [6.45, 7) is 4.48. The third kappa shape index (κ3) is 9.32. The summed E-state index contributed by atoms with van der Waals surface area (Å²) in [6.07, 6.45) is -0.247. The Kier molecular flexibility index (Phi) is 12.2. The summed E-state index contributed by atoms with van der Waals surface area (Å²) in [5.41, 5.74) is 1.39. The van der Waals surface area contributed by atoms with Crippen LogP contribution in [0.15, 0.2) is 36.4 Å². The average molecular weight is 592 g/mol. The van der Waals surface area contributed by atoms with Crippen molar-refractivity contribution in [1.29, 1.82) is 0 Å². The van der Waals surface area contributed by atoms with Crippen LogP contribution >= 0.6 is 7.60 Å². The number of aryl methyl sites for hydroxylation is 1. The number of amides is 3. The lowest BCUT2D eigenvalue weighted by atomic mass is 10.1. The Labute approximate surface area is 239 Å². The van der Waals surface area contributed by atoms with Crippen molar-refractivity contribution in [1.82, 2.24) is 25.1 Å². The van der Waals surface area contributed by atoms with E-state index in [0.717, 1.165) is 5.56 Å². The minimum Gasteiger partial charge on any atom is -0.465 e. The Hall–Kier alpha value is -3.38. The second kappa shape index (κ2) is 15.6. The molecule has 2 N–H and O–H groups in total. The molecule has 1 aromatic heterocycles. The summed E-state index contributed by atoms with van der Waals surface area (Å²) < 4.78 is 29.4. The number of nitrogens with zero attached hydrogens (tertiary/aromatic N) is 4. The van der Waals surface area contributed by atoms with Crippen molar-refractivity contribution < 1.29 is 37.8 Å². The highest BCUT2D eigenvalue weighted by molar-refractivity contribution is 7.54. The number of nitrogens with one attached hydrogen (secondary N) is 1. The van der Waals surface area contributed by atoms with E-state index in [4.69, 9.17) is 13.8 Å². The fraction of sp³-hybridized carbons (Fsp3) is 0.519. The fourth-order valence-corrected chi connectivity index (χ4v) is 6.14. The van der Waals surface area contributed by atoms with Gasteiger partial charge in [-0.15, -0.1) is 0 Å². The first-order valence-electron chi connectivity index (χ1n) is 13.6. The molecule has 0 unspecified atom stereocenters. The van der Waals surface area contributed by atoms with Crippen molar-refractivity contribution in [3.8, 4) is 11.4 Å². The zero-order chi connectivity index (χ0) is 29.8. The highest BCUT2D eigenvalue weighted by Gasteiger charge is 2.37. The van der Waals surface area contributed by atoms with E-state index in [9.17, 15) is 24.1 Å². The van der Waals surface area contributed by atoms with Gasteiger partial charge >= 0.3 is 13.7 Å². The van der Waals surface area contributed by atoms with Gasteiger partial charge in [0, 0.05) is 51.2 Å². The van der Waals surface area contributed by atoms with E-state index in [2.05, 4.69) is 15.3 Å². The van der Waals surface area contributed by atoms with Crippen molar-refractivity contribution in [2.24, 2.45) is 0 Å². The van der Waals surface area contributed by atoms with Gasteiger partial charge < -0.3 is 34.0 Å². The second-order valence-corrected chi connectivity index (χ2v) is 11.4. The molecular formula is C27H38N5O8P. The number of carboxylic acid groups (broad SMARTS) is 1. The number of carbonyl (C=O) groups is 3. The molecule has 1 saturated heterocycles. The monoisotopic (exact) mass is 591 g/mol. The molecule has 224 valence electrons. The summed E-state index contributed by atoms with van der Waals surface area (Å²) in [5.74, 6) is -0.812. The molecule has 13 nitrogen and oxygen atoms in total. The zero-order valence-corrected chi connectivity index (χ0v) is 24.5. The Balaban J connectivity index is 1.91. The quantitative estimate of drug-likeness (QED) is 0.247. The van der Waals surface area contributed by atoms with E-state index < -0.39 is 37.7 Å². The molecule has 0 saturated carbocycles. The number of rotatable bonds is 14. The van der Waals surface area contributed by atoms with Gasteiger partial charge in [-0.3, -0.25) is 14.2 Å². The molecule has 2 heterocycles. The summed E-state index contributed by atoms with van der Waals surface area (Å²) in [7, 11) is -2.15. The normalized spacial score (nSPS) is 14.5. The van der Waals surface area contributed by atoms with Crippen LogP contribution in [0.5, 0.6) is 0 Å². The number of methoxy groups -OCH3 is 1. The Morgan fingerprint density at radius 3 is 2.24 bits per heavy atom. The molecular weight excluding hydrogens is 553 g/mol. The van der Waals surface area contributed by atoms with Gasteiger partial charge in [0.1, 0.15) is 11.7 Å². The van der Waals surface area contributed by atoms with Crippen LogP contribution in [0.25, 0.3) is 11.4 Å². The predicted molar refractivity (Wildman–Crippen MR) is 151 cm³/mol. The number of hydrogen-bond acceptors (Lipinski definition) is 9. The van der Waals surface area contributed by atoms with Crippen LogP contribution in [-0.4, -0.2) is 108 Å². The van der Waals surface area contributed by atoms with E-state index >= 15 is 0 Å². The van der Waals surface area contributed by atoms with E-state index in [-0.39, 0.29) is 45.1 Å². The van der Waals surface area contributed by atoms with Gasteiger partial charge in [-0.1, -0.05) is 30.3 Å². The smallest absolute Gasteiger partial charge is 0.407 e. The molecule has 1 atom stereocenters. The number of piperazine rings is 1. The predicted octanol–water partition coefficient (Wildman–Crippen LogP) is 2.91. The second-order valence-electron chi connectivity index (χ2n) is 9.28.